The highest BCUT2D eigenvalue weighted by atomic mass is 16.5. The molecule has 6 nitrogen and oxygen atoms in total. The Morgan fingerprint density at radius 3 is 2.68 bits per heavy atom. The van der Waals surface area contributed by atoms with Crippen molar-refractivity contribution >= 4 is 17.7 Å². The van der Waals surface area contributed by atoms with Gasteiger partial charge < -0.3 is 20.5 Å². The SMILES string of the molecule is CCOCCNC(=O)Nc1ccc(C(=O)O)cc1C. The quantitative estimate of drug-likeness (QED) is 0.686. The summed E-state index contributed by atoms with van der Waals surface area (Å²) in [7, 11) is 0. The third-order valence-corrected chi connectivity index (χ3v) is 2.46. The van der Waals surface area contributed by atoms with Gasteiger partial charge in [-0.25, -0.2) is 9.59 Å². The van der Waals surface area contributed by atoms with Gasteiger partial charge in [0.1, 0.15) is 0 Å². The Morgan fingerprint density at radius 1 is 1.37 bits per heavy atom. The number of carboxylic acids is 1. The molecular formula is C13H18N2O4. The van der Waals surface area contributed by atoms with Crippen LogP contribution < -0.4 is 10.6 Å². The van der Waals surface area contributed by atoms with Crippen LogP contribution >= 0.6 is 0 Å². The molecule has 0 atom stereocenters. The largest absolute Gasteiger partial charge is 0.478 e. The lowest BCUT2D eigenvalue weighted by atomic mass is 10.1. The molecule has 0 fully saturated rings. The second-order valence-electron chi connectivity index (χ2n) is 3.91. The number of benzene rings is 1. The van der Waals surface area contributed by atoms with Crippen molar-refractivity contribution in [2.75, 3.05) is 25.1 Å². The van der Waals surface area contributed by atoms with Crippen molar-refractivity contribution in [3.63, 3.8) is 0 Å². The normalized spacial score (nSPS) is 10.0. The van der Waals surface area contributed by atoms with Crippen molar-refractivity contribution in [2.24, 2.45) is 0 Å². The van der Waals surface area contributed by atoms with Gasteiger partial charge in [-0.15, -0.1) is 0 Å². The van der Waals surface area contributed by atoms with E-state index in [-0.39, 0.29) is 11.6 Å². The Hall–Kier alpha value is -2.08. The van der Waals surface area contributed by atoms with Crippen LogP contribution in [0.3, 0.4) is 0 Å². The molecule has 3 N–H and O–H groups in total. The number of urea groups is 1. The van der Waals surface area contributed by atoms with Crippen LogP contribution in [0.15, 0.2) is 18.2 Å². The number of hydrogen-bond donors (Lipinski definition) is 3. The van der Waals surface area contributed by atoms with Crippen molar-refractivity contribution in [3.8, 4) is 0 Å². The summed E-state index contributed by atoms with van der Waals surface area (Å²) in [5.41, 5.74) is 1.47. The lowest BCUT2D eigenvalue weighted by Gasteiger charge is -2.10. The van der Waals surface area contributed by atoms with Gasteiger partial charge in [-0.2, -0.15) is 0 Å². The van der Waals surface area contributed by atoms with E-state index >= 15 is 0 Å². The standard InChI is InChI=1S/C13H18N2O4/c1-3-19-7-6-14-13(18)15-11-5-4-10(12(16)17)8-9(11)2/h4-5,8H,3,6-7H2,1-2H3,(H,16,17)(H2,14,15,18). The molecule has 0 aliphatic heterocycles. The topological polar surface area (TPSA) is 87.7 Å². The van der Waals surface area contributed by atoms with Gasteiger partial charge >= 0.3 is 12.0 Å². The Bertz CT molecular complexity index is 460. The fourth-order valence-corrected chi connectivity index (χ4v) is 1.48. The maximum Gasteiger partial charge on any atom is 0.335 e. The van der Waals surface area contributed by atoms with E-state index in [1.54, 1.807) is 13.0 Å². The minimum absolute atomic E-state index is 0.194. The third-order valence-electron chi connectivity index (χ3n) is 2.46. The van der Waals surface area contributed by atoms with E-state index in [9.17, 15) is 9.59 Å². The van der Waals surface area contributed by atoms with Crippen LogP contribution in [0.4, 0.5) is 10.5 Å². The zero-order valence-electron chi connectivity index (χ0n) is 11.0. The van der Waals surface area contributed by atoms with Gasteiger partial charge in [0.2, 0.25) is 0 Å². The summed E-state index contributed by atoms with van der Waals surface area (Å²) in [5, 5.41) is 14.1. The fourth-order valence-electron chi connectivity index (χ4n) is 1.48. The Morgan fingerprint density at radius 2 is 2.11 bits per heavy atom. The monoisotopic (exact) mass is 266 g/mol. The minimum atomic E-state index is -0.990. The molecule has 1 rings (SSSR count). The van der Waals surface area contributed by atoms with Gasteiger partial charge in [0.25, 0.3) is 0 Å². The Labute approximate surface area is 111 Å². The Balaban J connectivity index is 2.52. The fraction of sp³-hybridized carbons (Fsp3) is 0.385. The van der Waals surface area contributed by atoms with Crippen LogP contribution in [-0.2, 0) is 4.74 Å². The maximum atomic E-state index is 11.6. The van der Waals surface area contributed by atoms with E-state index < -0.39 is 5.97 Å². The van der Waals surface area contributed by atoms with E-state index in [1.165, 1.54) is 12.1 Å². The average Bonchev–Trinajstić information content (AvgIpc) is 2.37. The number of carbonyl (C=O) groups excluding carboxylic acids is 1. The van der Waals surface area contributed by atoms with Crippen molar-refractivity contribution < 1.29 is 19.4 Å². The maximum absolute atomic E-state index is 11.6. The molecule has 19 heavy (non-hydrogen) atoms. The first kappa shape index (κ1) is 15.0. The summed E-state index contributed by atoms with van der Waals surface area (Å²) in [6.45, 7) is 5.11. The lowest BCUT2D eigenvalue weighted by Crippen LogP contribution is -2.31. The van der Waals surface area contributed by atoms with Crippen LogP contribution in [-0.4, -0.2) is 36.9 Å². The number of carbonyl (C=O) groups is 2. The summed E-state index contributed by atoms with van der Waals surface area (Å²) >= 11 is 0. The van der Waals surface area contributed by atoms with E-state index in [4.69, 9.17) is 9.84 Å². The van der Waals surface area contributed by atoms with E-state index in [0.717, 1.165) is 0 Å². The molecule has 1 aromatic rings. The van der Waals surface area contributed by atoms with Crippen LogP contribution in [0.2, 0.25) is 0 Å². The van der Waals surface area contributed by atoms with Crippen LogP contribution in [0.5, 0.6) is 0 Å². The molecular weight excluding hydrogens is 248 g/mol. The first-order chi connectivity index (χ1) is 9.04. The first-order valence-corrected chi connectivity index (χ1v) is 6.01. The van der Waals surface area contributed by atoms with Crippen molar-refractivity contribution in [2.45, 2.75) is 13.8 Å². The predicted molar refractivity (Wildman–Crippen MR) is 71.7 cm³/mol. The van der Waals surface area contributed by atoms with E-state index in [1.807, 2.05) is 6.92 Å². The van der Waals surface area contributed by atoms with Crippen LogP contribution in [0, 0.1) is 6.92 Å². The summed E-state index contributed by atoms with van der Waals surface area (Å²) in [6, 6.07) is 4.19. The van der Waals surface area contributed by atoms with Gasteiger partial charge in [0.15, 0.2) is 0 Å². The van der Waals surface area contributed by atoms with Crippen molar-refractivity contribution in [1.29, 1.82) is 0 Å². The van der Waals surface area contributed by atoms with Crippen LogP contribution in [0.25, 0.3) is 0 Å². The Kier molecular flexibility index (Phi) is 5.81. The smallest absolute Gasteiger partial charge is 0.335 e. The predicted octanol–water partition coefficient (Wildman–Crippen LogP) is 1.85. The molecule has 0 saturated heterocycles. The molecule has 2 amide bonds. The number of ether oxygens (including phenoxy) is 1. The molecule has 0 aliphatic carbocycles. The molecule has 1 aromatic carbocycles. The number of carboxylic acid groups (broad SMARTS) is 1. The third kappa shape index (κ3) is 4.97. The summed E-state index contributed by atoms with van der Waals surface area (Å²) < 4.78 is 5.09. The highest BCUT2D eigenvalue weighted by Crippen LogP contribution is 2.16. The number of rotatable bonds is 6. The molecule has 0 heterocycles. The molecule has 0 bridgehead atoms. The lowest BCUT2D eigenvalue weighted by molar-refractivity contribution is 0.0697. The number of aromatic carboxylic acids is 1. The van der Waals surface area contributed by atoms with Crippen LogP contribution in [0.1, 0.15) is 22.8 Å². The number of anilines is 1. The highest BCUT2D eigenvalue weighted by molar-refractivity contribution is 5.92. The summed E-state index contributed by atoms with van der Waals surface area (Å²) in [6.07, 6.45) is 0. The van der Waals surface area contributed by atoms with Gasteiger partial charge in [-0.1, -0.05) is 0 Å². The average molecular weight is 266 g/mol. The zero-order chi connectivity index (χ0) is 14.3. The molecule has 6 heteroatoms. The summed E-state index contributed by atoms with van der Waals surface area (Å²) in [4.78, 5) is 22.3. The molecule has 0 aliphatic rings. The number of aryl methyl sites for hydroxylation is 1. The highest BCUT2D eigenvalue weighted by Gasteiger charge is 2.07. The molecule has 0 saturated carbocycles. The van der Waals surface area contributed by atoms with Gasteiger partial charge in [-0.3, -0.25) is 0 Å². The molecule has 0 unspecified atom stereocenters. The number of amides is 2. The second-order valence-corrected chi connectivity index (χ2v) is 3.91. The van der Waals surface area contributed by atoms with E-state index in [0.29, 0.717) is 31.0 Å². The minimum Gasteiger partial charge on any atom is -0.478 e. The van der Waals surface area contributed by atoms with Crippen molar-refractivity contribution in [1.82, 2.24) is 5.32 Å². The molecule has 0 radical (unpaired) electrons. The molecule has 104 valence electrons. The first-order valence-electron chi connectivity index (χ1n) is 6.01. The zero-order valence-corrected chi connectivity index (χ0v) is 11.0. The van der Waals surface area contributed by atoms with Gasteiger partial charge in [0, 0.05) is 18.8 Å². The molecule has 0 aromatic heterocycles. The van der Waals surface area contributed by atoms with E-state index in [2.05, 4.69) is 10.6 Å². The van der Waals surface area contributed by atoms with Gasteiger partial charge in [-0.05, 0) is 37.6 Å². The van der Waals surface area contributed by atoms with Gasteiger partial charge in [0.05, 0.1) is 12.2 Å². The van der Waals surface area contributed by atoms with Crippen molar-refractivity contribution in [3.05, 3.63) is 29.3 Å². The summed E-state index contributed by atoms with van der Waals surface area (Å²) in [5.74, 6) is -0.990. The molecule has 0 spiro atoms. The number of nitrogens with one attached hydrogen (secondary N) is 2. The number of hydrogen-bond acceptors (Lipinski definition) is 3. The second kappa shape index (κ2) is 7.38.